The summed E-state index contributed by atoms with van der Waals surface area (Å²) in [7, 11) is 0. The Balaban J connectivity index is 2.35. The van der Waals surface area contributed by atoms with Crippen molar-refractivity contribution in [2.45, 2.75) is 26.7 Å². The van der Waals surface area contributed by atoms with Gasteiger partial charge in [0.25, 0.3) is 0 Å². The summed E-state index contributed by atoms with van der Waals surface area (Å²) in [6.45, 7) is 3.83. The number of pyridine rings is 1. The first kappa shape index (κ1) is 13.5. The molecule has 3 heterocycles. The van der Waals surface area contributed by atoms with Crippen LogP contribution in [0.1, 0.15) is 24.7 Å². The minimum absolute atomic E-state index is 0.288. The molecule has 5 nitrogen and oxygen atoms in total. The summed E-state index contributed by atoms with van der Waals surface area (Å²) in [6.07, 6.45) is 3.23. The number of H-pyrrole nitrogens is 1. The third kappa shape index (κ3) is 2.22. The first-order valence-electron chi connectivity index (χ1n) is 6.87. The number of hydrogen-bond donors (Lipinski definition) is 2. The Hall–Kier alpha value is -2.50. The van der Waals surface area contributed by atoms with Gasteiger partial charge in [0, 0.05) is 6.20 Å². The van der Waals surface area contributed by atoms with E-state index in [4.69, 9.17) is 5.73 Å². The van der Waals surface area contributed by atoms with Gasteiger partial charge in [-0.1, -0.05) is 13.3 Å². The van der Waals surface area contributed by atoms with Crippen LogP contribution in [0.25, 0.3) is 22.4 Å². The van der Waals surface area contributed by atoms with Crippen molar-refractivity contribution in [2.75, 3.05) is 5.73 Å². The minimum atomic E-state index is -0.371. The van der Waals surface area contributed by atoms with Crippen LogP contribution in [-0.4, -0.2) is 19.9 Å². The van der Waals surface area contributed by atoms with Crippen LogP contribution in [0.5, 0.6) is 0 Å². The Kier molecular flexibility index (Phi) is 3.29. The lowest BCUT2D eigenvalue weighted by Crippen LogP contribution is -1.98. The number of aryl methyl sites for hydroxylation is 2. The third-order valence-electron chi connectivity index (χ3n) is 3.39. The fraction of sp³-hybridized carbons (Fsp3) is 0.267. The van der Waals surface area contributed by atoms with E-state index in [0.29, 0.717) is 23.0 Å². The zero-order valence-electron chi connectivity index (χ0n) is 11.9. The lowest BCUT2D eigenvalue weighted by atomic mass is 10.0. The first-order valence-corrected chi connectivity index (χ1v) is 6.87. The molecule has 0 radical (unpaired) electrons. The Morgan fingerprint density at radius 3 is 2.86 bits per heavy atom. The number of fused-ring (bicyclic) bond motifs is 1. The SMILES string of the molecule is CCCc1c(-c2ncccc2F)[nH]c2nc(C)nc(N)c12. The minimum Gasteiger partial charge on any atom is -0.383 e. The molecule has 0 aliphatic heterocycles. The molecule has 3 aromatic heterocycles. The van der Waals surface area contributed by atoms with Gasteiger partial charge in [0.15, 0.2) is 5.82 Å². The second-order valence-electron chi connectivity index (χ2n) is 4.94. The number of nitrogen functional groups attached to an aromatic ring is 1. The summed E-state index contributed by atoms with van der Waals surface area (Å²) < 4.78 is 14.1. The molecule has 3 rings (SSSR count). The van der Waals surface area contributed by atoms with E-state index in [1.807, 2.05) is 0 Å². The molecule has 0 unspecified atom stereocenters. The standard InChI is InChI=1S/C15H16FN5/c1-3-5-9-11-14(17)19-8(2)20-15(11)21-12(9)13-10(16)6-4-7-18-13/h4,6-7H,3,5H2,1-2H3,(H3,17,19,20,21). The molecular formula is C15H16FN5. The maximum Gasteiger partial charge on any atom is 0.151 e. The molecule has 0 spiro atoms. The van der Waals surface area contributed by atoms with Crippen LogP contribution in [-0.2, 0) is 6.42 Å². The number of rotatable bonds is 3. The molecule has 0 aliphatic rings. The highest BCUT2D eigenvalue weighted by atomic mass is 19.1. The lowest BCUT2D eigenvalue weighted by molar-refractivity contribution is 0.625. The first-order chi connectivity index (χ1) is 10.1. The van der Waals surface area contributed by atoms with Crippen LogP contribution in [0.3, 0.4) is 0 Å². The zero-order chi connectivity index (χ0) is 15.0. The van der Waals surface area contributed by atoms with E-state index in [1.54, 1.807) is 19.2 Å². The van der Waals surface area contributed by atoms with Crippen molar-refractivity contribution in [1.82, 2.24) is 19.9 Å². The second kappa shape index (κ2) is 5.12. The van der Waals surface area contributed by atoms with Crippen LogP contribution in [0.2, 0.25) is 0 Å². The van der Waals surface area contributed by atoms with Crippen LogP contribution in [0, 0.1) is 12.7 Å². The number of nitrogens with one attached hydrogen (secondary N) is 1. The van der Waals surface area contributed by atoms with Gasteiger partial charge in [-0.3, -0.25) is 4.98 Å². The van der Waals surface area contributed by atoms with Crippen LogP contribution in [0.15, 0.2) is 18.3 Å². The summed E-state index contributed by atoms with van der Waals surface area (Å²) >= 11 is 0. The number of nitrogens with two attached hydrogens (primary N) is 1. The van der Waals surface area contributed by atoms with Gasteiger partial charge >= 0.3 is 0 Å². The molecule has 0 aromatic carbocycles. The topological polar surface area (TPSA) is 80.5 Å². The van der Waals surface area contributed by atoms with E-state index in [0.717, 1.165) is 23.8 Å². The van der Waals surface area contributed by atoms with E-state index in [9.17, 15) is 4.39 Å². The molecule has 108 valence electrons. The molecule has 0 saturated heterocycles. The molecular weight excluding hydrogens is 269 g/mol. The lowest BCUT2D eigenvalue weighted by Gasteiger charge is -2.04. The van der Waals surface area contributed by atoms with Crippen molar-refractivity contribution >= 4 is 16.9 Å². The normalized spacial score (nSPS) is 11.2. The highest BCUT2D eigenvalue weighted by Gasteiger charge is 2.19. The summed E-state index contributed by atoms with van der Waals surface area (Å²) in [5.74, 6) is 0.627. The van der Waals surface area contributed by atoms with Gasteiger partial charge in [-0.25, -0.2) is 14.4 Å². The van der Waals surface area contributed by atoms with Crippen LogP contribution in [0.4, 0.5) is 10.2 Å². The smallest absolute Gasteiger partial charge is 0.151 e. The van der Waals surface area contributed by atoms with Gasteiger partial charge in [-0.2, -0.15) is 0 Å². The third-order valence-corrected chi connectivity index (χ3v) is 3.39. The molecule has 21 heavy (non-hydrogen) atoms. The van der Waals surface area contributed by atoms with Crippen molar-refractivity contribution in [3.05, 3.63) is 35.5 Å². The second-order valence-corrected chi connectivity index (χ2v) is 4.94. The predicted molar refractivity (Wildman–Crippen MR) is 80.2 cm³/mol. The molecule has 0 atom stereocenters. The number of aromatic nitrogens is 4. The van der Waals surface area contributed by atoms with Crippen molar-refractivity contribution < 1.29 is 4.39 Å². The van der Waals surface area contributed by atoms with E-state index in [2.05, 4.69) is 26.9 Å². The largest absolute Gasteiger partial charge is 0.383 e. The highest BCUT2D eigenvalue weighted by molar-refractivity contribution is 5.95. The number of halogens is 1. The number of hydrogen-bond acceptors (Lipinski definition) is 4. The van der Waals surface area contributed by atoms with Gasteiger partial charge in [-0.05, 0) is 31.0 Å². The van der Waals surface area contributed by atoms with Gasteiger partial charge in [0.1, 0.15) is 23.0 Å². The molecule has 3 aromatic rings. The van der Waals surface area contributed by atoms with Crippen molar-refractivity contribution in [3.63, 3.8) is 0 Å². The van der Waals surface area contributed by atoms with E-state index in [-0.39, 0.29) is 11.5 Å². The quantitative estimate of drug-likeness (QED) is 0.775. The van der Waals surface area contributed by atoms with E-state index >= 15 is 0 Å². The van der Waals surface area contributed by atoms with E-state index in [1.165, 1.54) is 6.07 Å². The Morgan fingerprint density at radius 1 is 1.33 bits per heavy atom. The van der Waals surface area contributed by atoms with Crippen molar-refractivity contribution in [1.29, 1.82) is 0 Å². The molecule has 0 bridgehead atoms. The zero-order valence-corrected chi connectivity index (χ0v) is 11.9. The summed E-state index contributed by atoms with van der Waals surface area (Å²) in [4.78, 5) is 15.9. The summed E-state index contributed by atoms with van der Waals surface area (Å²) in [5.41, 5.74) is 8.50. The summed E-state index contributed by atoms with van der Waals surface area (Å²) in [5, 5.41) is 0.766. The Bertz CT molecular complexity index is 809. The van der Waals surface area contributed by atoms with Gasteiger partial charge in [-0.15, -0.1) is 0 Å². The van der Waals surface area contributed by atoms with Crippen molar-refractivity contribution in [2.24, 2.45) is 0 Å². The molecule has 3 N–H and O–H groups in total. The molecule has 0 fully saturated rings. The number of aromatic amines is 1. The van der Waals surface area contributed by atoms with Crippen LogP contribution < -0.4 is 5.73 Å². The molecule has 0 saturated carbocycles. The summed E-state index contributed by atoms with van der Waals surface area (Å²) in [6, 6.07) is 2.96. The van der Waals surface area contributed by atoms with Gasteiger partial charge in [0.05, 0.1) is 11.1 Å². The fourth-order valence-corrected chi connectivity index (χ4v) is 2.57. The maximum atomic E-state index is 14.1. The number of anilines is 1. The molecule has 6 heteroatoms. The average molecular weight is 285 g/mol. The molecule has 0 amide bonds. The Labute approximate surface area is 121 Å². The molecule has 0 aliphatic carbocycles. The van der Waals surface area contributed by atoms with Gasteiger partial charge < -0.3 is 10.7 Å². The maximum absolute atomic E-state index is 14.1. The van der Waals surface area contributed by atoms with E-state index < -0.39 is 0 Å². The van der Waals surface area contributed by atoms with Crippen molar-refractivity contribution in [3.8, 4) is 11.4 Å². The monoisotopic (exact) mass is 285 g/mol. The number of nitrogens with zero attached hydrogens (tertiary/aromatic N) is 3. The predicted octanol–water partition coefficient (Wildman–Crippen LogP) is 3.00. The Morgan fingerprint density at radius 2 is 2.14 bits per heavy atom. The fourth-order valence-electron chi connectivity index (χ4n) is 2.57. The van der Waals surface area contributed by atoms with Crippen LogP contribution >= 0.6 is 0 Å². The van der Waals surface area contributed by atoms with Gasteiger partial charge in [0.2, 0.25) is 0 Å². The highest BCUT2D eigenvalue weighted by Crippen LogP contribution is 2.33. The average Bonchev–Trinajstić information content (AvgIpc) is 2.78.